The van der Waals surface area contributed by atoms with Crippen LogP contribution in [0.4, 0.5) is 0 Å². The van der Waals surface area contributed by atoms with Crippen LogP contribution in [0.2, 0.25) is 0 Å². The summed E-state index contributed by atoms with van der Waals surface area (Å²) in [6.45, 7) is 6.55. The summed E-state index contributed by atoms with van der Waals surface area (Å²) in [5.41, 5.74) is 2.21. The van der Waals surface area contributed by atoms with Gasteiger partial charge in [0.2, 0.25) is 0 Å². The summed E-state index contributed by atoms with van der Waals surface area (Å²) >= 11 is 0. The average Bonchev–Trinajstić information content (AvgIpc) is 2.45. The molecule has 3 heteroatoms. The van der Waals surface area contributed by atoms with Crippen LogP contribution >= 0.6 is 0 Å². The fourth-order valence-electron chi connectivity index (χ4n) is 1.75. The van der Waals surface area contributed by atoms with Crippen molar-refractivity contribution >= 4 is 5.65 Å². The first kappa shape index (κ1) is 10.0. The Balaban J connectivity index is 2.48. The predicted octanol–water partition coefficient (Wildman–Crippen LogP) is 2.22. The Morgan fingerprint density at radius 1 is 1.33 bits per heavy atom. The van der Waals surface area contributed by atoms with E-state index in [-0.39, 0.29) is 11.0 Å². The molecule has 0 saturated carbocycles. The Morgan fingerprint density at radius 3 is 2.67 bits per heavy atom. The molecule has 1 N–H and O–H groups in total. The van der Waals surface area contributed by atoms with Gasteiger partial charge in [-0.1, -0.05) is 26.8 Å². The molecule has 15 heavy (non-hydrogen) atoms. The number of nitrogens with one attached hydrogen (secondary N) is 1. The summed E-state index contributed by atoms with van der Waals surface area (Å²) in [7, 11) is 0. The minimum atomic E-state index is 0.0175. The molecule has 0 spiro atoms. The molecule has 0 aromatic carbocycles. The number of nitrogens with zero attached hydrogens (tertiary/aromatic N) is 1. The third-order valence-electron chi connectivity index (χ3n) is 2.28. The van der Waals surface area contributed by atoms with Crippen LogP contribution in [0.15, 0.2) is 29.2 Å². The lowest BCUT2D eigenvalue weighted by Gasteiger charge is -2.15. The molecule has 0 unspecified atom stereocenters. The van der Waals surface area contributed by atoms with Crippen LogP contribution in [0, 0.1) is 5.41 Å². The lowest BCUT2D eigenvalue weighted by molar-refractivity contribution is 0.407. The highest BCUT2D eigenvalue weighted by Crippen LogP contribution is 2.19. The molecule has 0 aliphatic heterocycles. The molecule has 80 valence electrons. The second-order valence-electron chi connectivity index (χ2n) is 5.14. The second kappa shape index (κ2) is 3.26. The van der Waals surface area contributed by atoms with Gasteiger partial charge in [-0.2, -0.15) is 0 Å². The minimum absolute atomic E-state index is 0.0175. The first-order valence-electron chi connectivity index (χ1n) is 5.15. The van der Waals surface area contributed by atoms with E-state index in [1.807, 2.05) is 12.3 Å². The number of H-pyrrole nitrogens is 1. The van der Waals surface area contributed by atoms with Crippen molar-refractivity contribution in [1.82, 2.24) is 9.38 Å². The van der Waals surface area contributed by atoms with Crippen molar-refractivity contribution in [3.05, 3.63) is 40.4 Å². The first-order valence-corrected chi connectivity index (χ1v) is 5.15. The Labute approximate surface area is 88.8 Å². The van der Waals surface area contributed by atoms with E-state index in [4.69, 9.17) is 0 Å². The summed E-state index contributed by atoms with van der Waals surface area (Å²) in [6.07, 6.45) is 2.83. The van der Waals surface area contributed by atoms with Gasteiger partial charge in [0, 0.05) is 18.0 Å². The first-order chi connectivity index (χ1) is 6.96. The van der Waals surface area contributed by atoms with E-state index in [0.29, 0.717) is 0 Å². The van der Waals surface area contributed by atoms with Crippen molar-refractivity contribution in [2.24, 2.45) is 5.41 Å². The van der Waals surface area contributed by atoms with Crippen molar-refractivity contribution in [2.45, 2.75) is 27.2 Å². The number of fused-ring (bicyclic) bond motifs is 1. The number of hydrogen-bond donors (Lipinski definition) is 1. The van der Waals surface area contributed by atoms with E-state index in [2.05, 4.69) is 25.8 Å². The van der Waals surface area contributed by atoms with Gasteiger partial charge < -0.3 is 4.98 Å². The molecule has 0 aliphatic carbocycles. The Hall–Kier alpha value is -1.51. The Bertz CT molecular complexity index is 528. The molecular weight excluding hydrogens is 188 g/mol. The fourth-order valence-corrected chi connectivity index (χ4v) is 1.75. The van der Waals surface area contributed by atoms with Gasteiger partial charge in [0.05, 0.1) is 0 Å². The SMILES string of the molecule is CC(C)(C)Cc1cn2c(=O)cccc2[nH]1. The number of hydrogen-bond acceptors (Lipinski definition) is 1. The van der Waals surface area contributed by atoms with Crippen molar-refractivity contribution in [3.8, 4) is 0 Å². The van der Waals surface area contributed by atoms with Crippen molar-refractivity contribution < 1.29 is 0 Å². The van der Waals surface area contributed by atoms with E-state index in [1.165, 1.54) is 0 Å². The Morgan fingerprint density at radius 2 is 2.07 bits per heavy atom. The topological polar surface area (TPSA) is 37.3 Å². The lowest BCUT2D eigenvalue weighted by Crippen LogP contribution is -2.10. The smallest absolute Gasteiger partial charge is 0.256 e. The standard InChI is InChI=1S/C12H16N2O/c1-12(2,3)7-9-8-14-10(13-9)5-4-6-11(14)15/h4-6,8,13H,7H2,1-3H3. The molecule has 2 aromatic rings. The molecule has 0 atom stereocenters. The van der Waals surface area contributed by atoms with Crippen molar-refractivity contribution in [1.29, 1.82) is 0 Å². The van der Waals surface area contributed by atoms with E-state index < -0.39 is 0 Å². The van der Waals surface area contributed by atoms with E-state index >= 15 is 0 Å². The van der Waals surface area contributed by atoms with Crippen LogP contribution in [0.5, 0.6) is 0 Å². The molecule has 2 aromatic heterocycles. The van der Waals surface area contributed by atoms with Crippen LogP contribution in [0.1, 0.15) is 26.5 Å². The minimum Gasteiger partial charge on any atom is -0.343 e. The molecule has 0 radical (unpaired) electrons. The molecule has 0 saturated heterocycles. The third kappa shape index (κ3) is 2.12. The fraction of sp³-hybridized carbons (Fsp3) is 0.417. The number of aromatic nitrogens is 2. The Kier molecular flexibility index (Phi) is 2.18. The highest BCUT2D eigenvalue weighted by atomic mass is 16.1. The van der Waals surface area contributed by atoms with Crippen molar-refractivity contribution in [3.63, 3.8) is 0 Å². The zero-order valence-electron chi connectivity index (χ0n) is 9.37. The van der Waals surface area contributed by atoms with Gasteiger partial charge in [-0.25, -0.2) is 0 Å². The number of pyridine rings is 1. The number of aromatic amines is 1. The van der Waals surface area contributed by atoms with Crippen LogP contribution < -0.4 is 5.56 Å². The molecule has 3 nitrogen and oxygen atoms in total. The van der Waals surface area contributed by atoms with Crippen LogP contribution in [0.3, 0.4) is 0 Å². The predicted molar refractivity (Wildman–Crippen MR) is 61.2 cm³/mol. The lowest BCUT2D eigenvalue weighted by atomic mass is 9.91. The summed E-state index contributed by atoms with van der Waals surface area (Å²) in [5.74, 6) is 0. The molecule has 0 bridgehead atoms. The van der Waals surface area contributed by atoms with E-state index in [0.717, 1.165) is 17.8 Å². The third-order valence-corrected chi connectivity index (χ3v) is 2.28. The van der Waals surface area contributed by atoms with E-state index in [1.54, 1.807) is 16.5 Å². The summed E-state index contributed by atoms with van der Waals surface area (Å²) in [4.78, 5) is 14.8. The van der Waals surface area contributed by atoms with Gasteiger partial charge in [0.25, 0.3) is 5.56 Å². The quantitative estimate of drug-likeness (QED) is 0.759. The van der Waals surface area contributed by atoms with Gasteiger partial charge in [-0.15, -0.1) is 0 Å². The van der Waals surface area contributed by atoms with Gasteiger partial charge in [0.15, 0.2) is 0 Å². The molecule has 2 rings (SSSR count). The van der Waals surface area contributed by atoms with E-state index in [9.17, 15) is 4.79 Å². The monoisotopic (exact) mass is 204 g/mol. The van der Waals surface area contributed by atoms with Crippen LogP contribution in [0.25, 0.3) is 5.65 Å². The number of imidazole rings is 1. The molecule has 0 aliphatic rings. The molecular formula is C12H16N2O. The maximum absolute atomic E-state index is 11.5. The van der Waals surface area contributed by atoms with Gasteiger partial charge in [-0.3, -0.25) is 9.20 Å². The maximum atomic E-state index is 11.5. The molecule has 2 heterocycles. The molecule has 0 fully saturated rings. The normalized spacial score (nSPS) is 12.2. The largest absolute Gasteiger partial charge is 0.343 e. The summed E-state index contributed by atoms with van der Waals surface area (Å²) in [5, 5.41) is 0. The average molecular weight is 204 g/mol. The van der Waals surface area contributed by atoms with Crippen molar-refractivity contribution in [2.75, 3.05) is 0 Å². The maximum Gasteiger partial charge on any atom is 0.256 e. The summed E-state index contributed by atoms with van der Waals surface area (Å²) < 4.78 is 1.65. The van der Waals surface area contributed by atoms with Gasteiger partial charge in [-0.05, 0) is 17.9 Å². The zero-order chi connectivity index (χ0) is 11.1. The highest BCUT2D eigenvalue weighted by molar-refractivity contribution is 5.39. The van der Waals surface area contributed by atoms with Gasteiger partial charge in [0.1, 0.15) is 5.65 Å². The van der Waals surface area contributed by atoms with Gasteiger partial charge >= 0.3 is 0 Å². The van der Waals surface area contributed by atoms with Crippen LogP contribution in [-0.2, 0) is 6.42 Å². The highest BCUT2D eigenvalue weighted by Gasteiger charge is 2.13. The summed E-state index contributed by atoms with van der Waals surface area (Å²) in [6, 6.07) is 5.25. The number of rotatable bonds is 1. The zero-order valence-corrected chi connectivity index (χ0v) is 9.37. The van der Waals surface area contributed by atoms with Crippen LogP contribution in [-0.4, -0.2) is 9.38 Å². The molecule has 0 amide bonds. The second-order valence-corrected chi connectivity index (χ2v) is 5.14.